The van der Waals surface area contributed by atoms with Gasteiger partial charge in [-0.05, 0) is 114 Å². The monoisotopic (exact) mass is 552 g/mol. The third kappa shape index (κ3) is 2.74. The minimum Gasteiger partial charge on any atom is -0.0610 e. The van der Waals surface area contributed by atoms with E-state index in [4.69, 9.17) is 0 Å². The SMILES string of the molecule is c1cc2ccc3ccc(-c4cc5cccc6c7cccc8ccc9cccc(c%10cccc4c%10c56)c9c87)c4ccc(c1)c2c34. The summed E-state index contributed by atoms with van der Waals surface area (Å²) in [5.41, 5.74) is 2.59. The van der Waals surface area contributed by atoms with Crippen LogP contribution in [0.15, 0.2) is 146 Å². The quantitative estimate of drug-likeness (QED) is 0.178. The number of benzene rings is 10. The summed E-state index contributed by atoms with van der Waals surface area (Å²) in [6.07, 6.45) is 0. The van der Waals surface area contributed by atoms with Crippen molar-refractivity contribution < 1.29 is 0 Å². The van der Waals surface area contributed by atoms with Crippen molar-refractivity contribution in [1.29, 1.82) is 0 Å². The summed E-state index contributed by atoms with van der Waals surface area (Å²) in [7, 11) is 0. The van der Waals surface area contributed by atoms with Crippen molar-refractivity contribution in [3.05, 3.63) is 146 Å². The van der Waals surface area contributed by atoms with Gasteiger partial charge in [0, 0.05) is 0 Å². The molecule has 11 aromatic rings. The fourth-order valence-electron chi connectivity index (χ4n) is 8.50. The first-order chi connectivity index (χ1) is 21.8. The molecule has 0 saturated heterocycles. The molecule has 0 heteroatoms. The van der Waals surface area contributed by atoms with Crippen LogP contribution >= 0.6 is 0 Å². The summed E-state index contributed by atoms with van der Waals surface area (Å²) in [4.78, 5) is 0. The highest BCUT2D eigenvalue weighted by Crippen LogP contribution is 2.47. The van der Waals surface area contributed by atoms with Gasteiger partial charge < -0.3 is 0 Å². The summed E-state index contributed by atoms with van der Waals surface area (Å²) in [6, 6.07) is 55.0. The van der Waals surface area contributed by atoms with Gasteiger partial charge in [0.2, 0.25) is 0 Å². The lowest BCUT2D eigenvalue weighted by Crippen LogP contribution is -1.91. The van der Waals surface area contributed by atoms with Crippen molar-refractivity contribution in [2.24, 2.45) is 0 Å². The Hall–Kier alpha value is -5.72. The average Bonchev–Trinajstić information content (AvgIpc) is 3.08. The summed E-state index contributed by atoms with van der Waals surface area (Å²) in [5, 5.41) is 23.8. The molecule has 0 spiro atoms. The normalized spacial score (nSPS) is 12.5. The van der Waals surface area contributed by atoms with Crippen molar-refractivity contribution >= 4 is 97.0 Å². The predicted octanol–water partition coefficient (Wildman–Crippen LogP) is 12.6. The lowest BCUT2D eigenvalue weighted by Gasteiger charge is -2.19. The van der Waals surface area contributed by atoms with Crippen LogP contribution in [0.2, 0.25) is 0 Å². The smallest absolute Gasteiger partial charge is 0.00141 e. The van der Waals surface area contributed by atoms with E-state index in [-0.39, 0.29) is 0 Å². The Bertz CT molecular complexity index is 2960. The van der Waals surface area contributed by atoms with Crippen LogP contribution in [0.3, 0.4) is 0 Å². The minimum absolute atomic E-state index is 1.28. The lowest BCUT2D eigenvalue weighted by atomic mass is 9.84. The van der Waals surface area contributed by atoms with Gasteiger partial charge in [-0.3, -0.25) is 0 Å². The van der Waals surface area contributed by atoms with Gasteiger partial charge in [0.1, 0.15) is 0 Å². The zero-order valence-electron chi connectivity index (χ0n) is 23.9. The highest BCUT2D eigenvalue weighted by atomic mass is 14.2. The van der Waals surface area contributed by atoms with Crippen molar-refractivity contribution in [2.45, 2.75) is 0 Å². The van der Waals surface area contributed by atoms with Crippen molar-refractivity contribution in [2.75, 3.05) is 0 Å². The van der Waals surface area contributed by atoms with Gasteiger partial charge >= 0.3 is 0 Å². The van der Waals surface area contributed by atoms with Gasteiger partial charge in [-0.15, -0.1) is 0 Å². The van der Waals surface area contributed by atoms with Crippen LogP contribution in [-0.4, -0.2) is 0 Å². The summed E-state index contributed by atoms with van der Waals surface area (Å²) >= 11 is 0. The molecule has 0 aliphatic carbocycles. The molecule has 0 fully saturated rings. The van der Waals surface area contributed by atoms with Crippen LogP contribution in [0, 0.1) is 0 Å². The molecule has 0 aliphatic heterocycles. The van der Waals surface area contributed by atoms with Crippen LogP contribution < -0.4 is 0 Å². The maximum absolute atomic E-state index is 2.45. The highest BCUT2D eigenvalue weighted by Gasteiger charge is 2.19. The van der Waals surface area contributed by atoms with E-state index in [1.807, 2.05) is 0 Å². The molecule has 11 rings (SSSR count). The van der Waals surface area contributed by atoms with E-state index in [1.165, 1.54) is 108 Å². The zero-order valence-corrected chi connectivity index (χ0v) is 23.9. The zero-order chi connectivity index (χ0) is 28.5. The fourth-order valence-corrected chi connectivity index (χ4v) is 8.50. The van der Waals surface area contributed by atoms with Gasteiger partial charge in [-0.2, -0.15) is 0 Å². The lowest BCUT2D eigenvalue weighted by molar-refractivity contribution is 1.73. The Morgan fingerprint density at radius 3 is 1.20 bits per heavy atom. The Morgan fingerprint density at radius 1 is 0.205 bits per heavy atom. The molecule has 0 unspecified atom stereocenters. The van der Waals surface area contributed by atoms with Crippen LogP contribution in [0.1, 0.15) is 0 Å². The number of hydrogen-bond donors (Lipinski definition) is 0. The second-order valence-electron chi connectivity index (χ2n) is 12.4. The molecule has 0 heterocycles. The summed E-state index contributed by atoms with van der Waals surface area (Å²) in [5.74, 6) is 0. The first kappa shape index (κ1) is 22.8. The van der Waals surface area contributed by atoms with E-state index in [1.54, 1.807) is 0 Å². The van der Waals surface area contributed by atoms with Crippen molar-refractivity contribution in [1.82, 2.24) is 0 Å². The molecule has 0 saturated carbocycles. The molecule has 0 aliphatic rings. The largest absolute Gasteiger partial charge is 0.0610 e. The van der Waals surface area contributed by atoms with E-state index >= 15 is 0 Å². The van der Waals surface area contributed by atoms with Crippen LogP contribution in [0.5, 0.6) is 0 Å². The topological polar surface area (TPSA) is 0 Å². The first-order valence-electron chi connectivity index (χ1n) is 15.4. The van der Waals surface area contributed by atoms with Crippen LogP contribution in [0.4, 0.5) is 0 Å². The number of rotatable bonds is 1. The maximum atomic E-state index is 2.45. The van der Waals surface area contributed by atoms with Gasteiger partial charge in [0.25, 0.3) is 0 Å². The van der Waals surface area contributed by atoms with Crippen LogP contribution in [0.25, 0.3) is 108 Å². The second-order valence-corrected chi connectivity index (χ2v) is 12.4. The third-order valence-corrected chi connectivity index (χ3v) is 10.3. The molecule has 0 aromatic heterocycles. The van der Waals surface area contributed by atoms with Crippen molar-refractivity contribution in [3.8, 4) is 11.1 Å². The fraction of sp³-hybridized carbons (Fsp3) is 0. The molecule has 0 amide bonds. The standard InChI is InChI=1S/C44H24/c1-6-25-16-19-29-20-22-31(37-23-21-26(7-1)39(25)40(29)37)38-24-30-10-4-13-33-32-11-2-8-27-17-18-28-9-3-12-34(42(28)41(27)32)35-14-5-15-36(38)44(35)43(30)33/h1-24H. The Kier molecular flexibility index (Phi) is 4.15. The molecule has 200 valence electrons. The van der Waals surface area contributed by atoms with E-state index in [9.17, 15) is 0 Å². The predicted molar refractivity (Wildman–Crippen MR) is 192 cm³/mol. The molecule has 0 atom stereocenters. The van der Waals surface area contributed by atoms with E-state index in [2.05, 4.69) is 146 Å². The highest BCUT2D eigenvalue weighted by molar-refractivity contribution is 6.38. The molecule has 44 heavy (non-hydrogen) atoms. The Labute approximate surface area is 253 Å². The molecule has 11 aromatic carbocycles. The summed E-state index contributed by atoms with van der Waals surface area (Å²) in [6.45, 7) is 0. The van der Waals surface area contributed by atoms with Gasteiger partial charge in [-0.25, -0.2) is 0 Å². The molecule has 0 radical (unpaired) electrons. The minimum atomic E-state index is 1.28. The second kappa shape index (κ2) is 8.01. The van der Waals surface area contributed by atoms with Gasteiger partial charge in [-0.1, -0.05) is 140 Å². The number of hydrogen-bond acceptors (Lipinski definition) is 0. The molecular weight excluding hydrogens is 528 g/mol. The third-order valence-electron chi connectivity index (χ3n) is 10.3. The van der Waals surface area contributed by atoms with Gasteiger partial charge in [0.05, 0.1) is 0 Å². The maximum Gasteiger partial charge on any atom is -0.00141 e. The van der Waals surface area contributed by atoms with E-state index < -0.39 is 0 Å². The van der Waals surface area contributed by atoms with Gasteiger partial charge in [0.15, 0.2) is 0 Å². The van der Waals surface area contributed by atoms with E-state index in [0.29, 0.717) is 0 Å². The Morgan fingerprint density at radius 2 is 0.568 bits per heavy atom. The average molecular weight is 553 g/mol. The molecule has 0 nitrogen and oxygen atoms in total. The van der Waals surface area contributed by atoms with Crippen molar-refractivity contribution in [3.63, 3.8) is 0 Å². The molecule has 0 bridgehead atoms. The van der Waals surface area contributed by atoms with Crippen LogP contribution in [-0.2, 0) is 0 Å². The van der Waals surface area contributed by atoms with E-state index in [0.717, 1.165) is 0 Å². The Balaban J connectivity index is 1.41. The first-order valence-corrected chi connectivity index (χ1v) is 15.4. The summed E-state index contributed by atoms with van der Waals surface area (Å²) < 4.78 is 0. The molecule has 0 N–H and O–H groups in total. The molecular formula is C44H24. The number of fused-ring (bicyclic) bond motifs is 2.